The number of anilines is 1. The van der Waals surface area contributed by atoms with E-state index in [-0.39, 0.29) is 11.9 Å². The predicted octanol–water partition coefficient (Wildman–Crippen LogP) is 1.60. The highest BCUT2D eigenvalue weighted by Gasteiger charge is 2.10. The molecule has 2 N–H and O–H groups in total. The lowest BCUT2D eigenvalue weighted by Crippen LogP contribution is -2.34. The van der Waals surface area contributed by atoms with Gasteiger partial charge in [0.15, 0.2) is 0 Å². The van der Waals surface area contributed by atoms with Gasteiger partial charge in [-0.05, 0) is 25.3 Å². The van der Waals surface area contributed by atoms with E-state index in [4.69, 9.17) is 0 Å². The molecule has 1 heterocycles. The maximum Gasteiger partial charge on any atom is 0.270 e. The molecule has 1 amide bonds. The molecule has 88 valence electrons. The van der Waals surface area contributed by atoms with Gasteiger partial charge in [-0.1, -0.05) is 0 Å². The van der Waals surface area contributed by atoms with Gasteiger partial charge >= 0.3 is 0 Å². The Kier molecular flexibility index (Phi) is 5.11. The molecule has 1 aromatic heterocycles. The average molecular weight is 239 g/mol. The Balaban J connectivity index is 2.59. The van der Waals surface area contributed by atoms with Crippen LogP contribution in [0, 0.1) is 0 Å². The standard InChI is InChI=1S/C11H17N3OS/c1-8(7-16-3)14-11(15)10-5-4-9(12-2)6-13-10/h4-6,8,12H,7H2,1-3H3,(H,14,15). The number of rotatable bonds is 5. The Hall–Kier alpha value is -1.23. The molecule has 0 saturated carbocycles. The van der Waals surface area contributed by atoms with Crippen molar-refractivity contribution in [3.8, 4) is 0 Å². The molecule has 1 aromatic rings. The van der Waals surface area contributed by atoms with E-state index < -0.39 is 0 Å². The molecule has 0 aliphatic heterocycles. The molecule has 16 heavy (non-hydrogen) atoms. The van der Waals surface area contributed by atoms with Crippen molar-refractivity contribution in [2.75, 3.05) is 24.4 Å². The van der Waals surface area contributed by atoms with Crippen molar-refractivity contribution < 1.29 is 4.79 Å². The Morgan fingerprint density at radius 1 is 1.56 bits per heavy atom. The smallest absolute Gasteiger partial charge is 0.270 e. The predicted molar refractivity (Wildman–Crippen MR) is 69.1 cm³/mol. The highest BCUT2D eigenvalue weighted by Crippen LogP contribution is 2.05. The van der Waals surface area contributed by atoms with E-state index in [0.717, 1.165) is 11.4 Å². The molecule has 0 bridgehead atoms. The van der Waals surface area contributed by atoms with E-state index in [1.54, 1.807) is 24.0 Å². The molecule has 1 atom stereocenters. The molecule has 4 nitrogen and oxygen atoms in total. The highest BCUT2D eigenvalue weighted by molar-refractivity contribution is 7.98. The largest absolute Gasteiger partial charge is 0.387 e. The lowest BCUT2D eigenvalue weighted by atomic mass is 10.3. The fourth-order valence-corrected chi connectivity index (χ4v) is 1.85. The summed E-state index contributed by atoms with van der Waals surface area (Å²) in [7, 11) is 1.82. The van der Waals surface area contributed by atoms with Crippen LogP contribution in [0.2, 0.25) is 0 Å². The Morgan fingerprint density at radius 3 is 2.81 bits per heavy atom. The Bertz CT molecular complexity index is 340. The molecule has 0 aromatic carbocycles. The molecule has 0 aliphatic carbocycles. The van der Waals surface area contributed by atoms with Crippen LogP contribution in [0.3, 0.4) is 0 Å². The number of nitrogens with zero attached hydrogens (tertiary/aromatic N) is 1. The molecule has 1 rings (SSSR count). The second-order valence-electron chi connectivity index (χ2n) is 3.51. The van der Waals surface area contributed by atoms with Gasteiger partial charge in [-0.25, -0.2) is 4.98 Å². The summed E-state index contributed by atoms with van der Waals surface area (Å²) in [5.74, 6) is 0.782. The van der Waals surface area contributed by atoms with Gasteiger partial charge in [-0.3, -0.25) is 4.79 Å². The van der Waals surface area contributed by atoms with Crippen molar-refractivity contribution in [3.63, 3.8) is 0 Å². The van der Waals surface area contributed by atoms with Crippen LogP contribution in [0.15, 0.2) is 18.3 Å². The molecular formula is C11H17N3OS. The number of amides is 1. The molecule has 0 radical (unpaired) electrons. The monoisotopic (exact) mass is 239 g/mol. The van der Waals surface area contributed by atoms with Crippen molar-refractivity contribution in [1.82, 2.24) is 10.3 Å². The van der Waals surface area contributed by atoms with Gasteiger partial charge < -0.3 is 10.6 Å². The zero-order chi connectivity index (χ0) is 12.0. The lowest BCUT2D eigenvalue weighted by Gasteiger charge is -2.11. The number of carbonyl (C=O) groups is 1. The minimum atomic E-state index is -0.121. The topological polar surface area (TPSA) is 54.0 Å². The van der Waals surface area contributed by atoms with Gasteiger partial charge in [-0.15, -0.1) is 0 Å². The molecule has 0 fully saturated rings. The summed E-state index contributed by atoms with van der Waals surface area (Å²) in [6.07, 6.45) is 3.66. The molecular weight excluding hydrogens is 222 g/mol. The number of pyridine rings is 1. The van der Waals surface area contributed by atoms with Crippen LogP contribution in [-0.2, 0) is 0 Å². The van der Waals surface area contributed by atoms with Crippen LogP contribution in [0.1, 0.15) is 17.4 Å². The van der Waals surface area contributed by atoms with Crippen molar-refractivity contribution in [3.05, 3.63) is 24.0 Å². The van der Waals surface area contributed by atoms with Crippen molar-refractivity contribution in [2.45, 2.75) is 13.0 Å². The van der Waals surface area contributed by atoms with Gasteiger partial charge in [0.05, 0.1) is 11.9 Å². The normalized spacial score (nSPS) is 11.9. The van der Waals surface area contributed by atoms with E-state index in [1.807, 2.05) is 26.3 Å². The summed E-state index contributed by atoms with van der Waals surface area (Å²) < 4.78 is 0. The number of carbonyl (C=O) groups excluding carboxylic acids is 1. The number of aromatic nitrogens is 1. The maximum absolute atomic E-state index is 11.7. The second-order valence-corrected chi connectivity index (χ2v) is 4.42. The minimum absolute atomic E-state index is 0.121. The van der Waals surface area contributed by atoms with E-state index in [9.17, 15) is 4.79 Å². The maximum atomic E-state index is 11.7. The van der Waals surface area contributed by atoms with Crippen LogP contribution in [0.4, 0.5) is 5.69 Å². The van der Waals surface area contributed by atoms with E-state index >= 15 is 0 Å². The third-order valence-corrected chi connectivity index (χ3v) is 2.91. The van der Waals surface area contributed by atoms with Gasteiger partial charge in [0, 0.05) is 18.8 Å². The molecule has 5 heteroatoms. The Morgan fingerprint density at radius 2 is 2.31 bits per heavy atom. The summed E-state index contributed by atoms with van der Waals surface area (Å²) >= 11 is 1.71. The van der Waals surface area contributed by atoms with Gasteiger partial charge in [0.2, 0.25) is 0 Å². The third kappa shape index (κ3) is 3.73. The zero-order valence-corrected chi connectivity index (χ0v) is 10.6. The summed E-state index contributed by atoms with van der Waals surface area (Å²) in [6.45, 7) is 1.98. The van der Waals surface area contributed by atoms with E-state index in [0.29, 0.717) is 5.69 Å². The molecule has 1 unspecified atom stereocenters. The lowest BCUT2D eigenvalue weighted by molar-refractivity contribution is 0.0939. The van der Waals surface area contributed by atoms with E-state index in [2.05, 4.69) is 15.6 Å². The quantitative estimate of drug-likeness (QED) is 0.819. The summed E-state index contributed by atoms with van der Waals surface area (Å²) in [4.78, 5) is 15.8. The first-order valence-corrected chi connectivity index (χ1v) is 6.50. The first kappa shape index (κ1) is 12.8. The first-order valence-electron chi connectivity index (χ1n) is 5.11. The fourth-order valence-electron chi connectivity index (χ4n) is 1.27. The van der Waals surface area contributed by atoms with Gasteiger partial charge in [-0.2, -0.15) is 11.8 Å². The molecule has 0 saturated heterocycles. The second kappa shape index (κ2) is 6.37. The number of nitrogens with one attached hydrogen (secondary N) is 2. The van der Waals surface area contributed by atoms with Crippen molar-refractivity contribution in [2.24, 2.45) is 0 Å². The highest BCUT2D eigenvalue weighted by atomic mass is 32.2. The average Bonchev–Trinajstić information content (AvgIpc) is 2.29. The first-order chi connectivity index (χ1) is 7.67. The summed E-state index contributed by atoms with van der Waals surface area (Å²) in [6, 6.07) is 3.71. The van der Waals surface area contributed by atoms with Crippen LogP contribution in [-0.4, -0.2) is 36.0 Å². The third-order valence-electron chi connectivity index (χ3n) is 2.08. The molecule has 0 spiro atoms. The zero-order valence-electron chi connectivity index (χ0n) is 9.78. The Labute approximate surface area is 100 Å². The van der Waals surface area contributed by atoms with Crippen LogP contribution >= 0.6 is 11.8 Å². The number of hydrogen-bond acceptors (Lipinski definition) is 4. The van der Waals surface area contributed by atoms with Crippen LogP contribution in [0.25, 0.3) is 0 Å². The van der Waals surface area contributed by atoms with Crippen LogP contribution < -0.4 is 10.6 Å². The van der Waals surface area contributed by atoms with Gasteiger partial charge in [0.1, 0.15) is 5.69 Å². The van der Waals surface area contributed by atoms with Crippen LogP contribution in [0.5, 0.6) is 0 Å². The SMILES string of the molecule is CNc1ccc(C(=O)NC(C)CSC)nc1. The summed E-state index contributed by atoms with van der Waals surface area (Å²) in [5, 5.41) is 5.85. The minimum Gasteiger partial charge on any atom is -0.387 e. The molecule has 0 aliphatic rings. The van der Waals surface area contributed by atoms with Gasteiger partial charge in [0.25, 0.3) is 5.91 Å². The van der Waals surface area contributed by atoms with E-state index in [1.165, 1.54) is 0 Å². The van der Waals surface area contributed by atoms with Crippen molar-refractivity contribution >= 4 is 23.4 Å². The number of hydrogen-bond donors (Lipinski definition) is 2. The summed E-state index contributed by atoms with van der Waals surface area (Å²) in [5.41, 5.74) is 1.35. The number of thioether (sulfide) groups is 1. The fraction of sp³-hybridized carbons (Fsp3) is 0.455. The van der Waals surface area contributed by atoms with Crippen molar-refractivity contribution in [1.29, 1.82) is 0 Å².